The van der Waals surface area contributed by atoms with Crippen molar-refractivity contribution in [1.82, 2.24) is 9.97 Å². The molecule has 0 radical (unpaired) electrons. The van der Waals surface area contributed by atoms with E-state index in [0.29, 0.717) is 16.7 Å². The predicted molar refractivity (Wildman–Crippen MR) is 93.8 cm³/mol. The third-order valence-electron chi connectivity index (χ3n) is 3.91. The predicted octanol–water partition coefficient (Wildman–Crippen LogP) is 4.62. The van der Waals surface area contributed by atoms with Crippen LogP contribution in [0.25, 0.3) is 0 Å². The Bertz CT molecular complexity index is 761. The van der Waals surface area contributed by atoms with Crippen LogP contribution in [0.4, 0.5) is 5.82 Å². The molecule has 0 spiro atoms. The number of rotatable bonds is 5. The molecule has 126 valence electrons. The minimum absolute atomic E-state index is 0.0628. The Balaban J connectivity index is 1.92. The number of nitrogens with one attached hydrogen (secondary N) is 1. The van der Waals surface area contributed by atoms with E-state index in [1.54, 1.807) is 0 Å². The van der Waals surface area contributed by atoms with Crippen molar-refractivity contribution >= 4 is 35.0 Å². The summed E-state index contributed by atoms with van der Waals surface area (Å²) in [5.41, 5.74) is 1.13. The summed E-state index contributed by atoms with van der Waals surface area (Å²) < 4.78 is 4.77. The van der Waals surface area contributed by atoms with E-state index >= 15 is 0 Å². The van der Waals surface area contributed by atoms with Gasteiger partial charge in [-0.05, 0) is 37.5 Å². The van der Waals surface area contributed by atoms with Crippen molar-refractivity contribution in [2.45, 2.75) is 31.7 Å². The Morgan fingerprint density at radius 1 is 1.25 bits per heavy atom. The number of carbonyl (C=O) groups is 1. The second kappa shape index (κ2) is 6.95. The summed E-state index contributed by atoms with van der Waals surface area (Å²) >= 11 is 12.2. The topological polar surface area (TPSA) is 64.1 Å². The maximum absolute atomic E-state index is 11.9. The highest BCUT2D eigenvalue weighted by atomic mass is 35.5. The van der Waals surface area contributed by atoms with Crippen molar-refractivity contribution in [1.29, 1.82) is 0 Å². The number of benzene rings is 1. The van der Waals surface area contributed by atoms with Crippen molar-refractivity contribution in [3.8, 4) is 0 Å². The number of carbonyl (C=O) groups excluding carboxylic acids is 1. The van der Waals surface area contributed by atoms with Gasteiger partial charge in [-0.2, -0.15) is 0 Å². The first-order valence-corrected chi connectivity index (χ1v) is 8.43. The molecule has 1 aliphatic carbocycles. The van der Waals surface area contributed by atoms with E-state index in [4.69, 9.17) is 27.9 Å². The van der Waals surface area contributed by atoms with Crippen molar-refractivity contribution in [2.75, 3.05) is 12.4 Å². The van der Waals surface area contributed by atoms with E-state index in [-0.39, 0.29) is 22.7 Å². The first-order valence-electron chi connectivity index (χ1n) is 7.67. The molecular formula is C17H17Cl2N3O2. The van der Waals surface area contributed by atoms with Gasteiger partial charge in [-0.1, -0.05) is 35.3 Å². The van der Waals surface area contributed by atoms with Gasteiger partial charge in [0.25, 0.3) is 0 Å². The fourth-order valence-electron chi connectivity index (χ4n) is 2.36. The quantitative estimate of drug-likeness (QED) is 0.783. The molecule has 1 fully saturated rings. The molecule has 0 aliphatic heterocycles. The number of halogens is 2. The van der Waals surface area contributed by atoms with Crippen molar-refractivity contribution < 1.29 is 9.53 Å². The second-order valence-electron chi connectivity index (χ2n) is 5.78. The van der Waals surface area contributed by atoms with Crippen LogP contribution in [0.15, 0.2) is 24.3 Å². The monoisotopic (exact) mass is 365 g/mol. The van der Waals surface area contributed by atoms with Gasteiger partial charge < -0.3 is 10.1 Å². The maximum atomic E-state index is 11.9. The molecule has 2 aromatic rings. The lowest BCUT2D eigenvalue weighted by Gasteiger charge is -2.17. The smallest absolute Gasteiger partial charge is 0.358 e. The summed E-state index contributed by atoms with van der Waals surface area (Å²) in [6.45, 7) is 1.98. The molecule has 0 saturated heterocycles. The minimum Gasteiger partial charge on any atom is -0.464 e. The van der Waals surface area contributed by atoms with Gasteiger partial charge in [-0.3, -0.25) is 0 Å². The van der Waals surface area contributed by atoms with Gasteiger partial charge in [-0.25, -0.2) is 14.8 Å². The second-order valence-corrected chi connectivity index (χ2v) is 6.59. The van der Waals surface area contributed by atoms with Crippen LogP contribution in [0.5, 0.6) is 0 Å². The minimum atomic E-state index is -0.563. The largest absolute Gasteiger partial charge is 0.464 e. The van der Waals surface area contributed by atoms with Crippen LogP contribution in [0.1, 0.15) is 53.6 Å². The van der Waals surface area contributed by atoms with E-state index in [2.05, 4.69) is 15.3 Å². The van der Waals surface area contributed by atoms with E-state index < -0.39 is 5.97 Å². The molecule has 1 aromatic carbocycles. The first kappa shape index (κ1) is 17.0. The number of esters is 1. The Labute approximate surface area is 150 Å². The first-order chi connectivity index (χ1) is 11.5. The molecule has 0 bridgehead atoms. The molecule has 1 saturated carbocycles. The highest BCUT2D eigenvalue weighted by Gasteiger charge is 2.30. The van der Waals surface area contributed by atoms with Crippen LogP contribution in [0.3, 0.4) is 0 Å². The lowest BCUT2D eigenvalue weighted by Crippen LogP contribution is -2.14. The zero-order chi connectivity index (χ0) is 17.3. The molecule has 5 nitrogen and oxygen atoms in total. The summed E-state index contributed by atoms with van der Waals surface area (Å²) in [6.07, 6.45) is 2.04. The van der Waals surface area contributed by atoms with Crippen LogP contribution in [-0.4, -0.2) is 23.0 Å². The molecule has 1 unspecified atom stereocenters. The van der Waals surface area contributed by atoms with Crippen LogP contribution in [0, 0.1) is 0 Å². The van der Waals surface area contributed by atoms with Gasteiger partial charge >= 0.3 is 5.97 Å². The Hall–Kier alpha value is -1.85. The van der Waals surface area contributed by atoms with Crippen LogP contribution >= 0.6 is 23.2 Å². The van der Waals surface area contributed by atoms with E-state index in [9.17, 15) is 4.79 Å². The number of nitrogens with zero attached hydrogens (tertiary/aromatic N) is 2. The summed E-state index contributed by atoms with van der Waals surface area (Å²) in [5.74, 6) is 0.797. The fourth-order valence-corrected chi connectivity index (χ4v) is 2.70. The zero-order valence-electron chi connectivity index (χ0n) is 13.3. The molecule has 24 heavy (non-hydrogen) atoms. The van der Waals surface area contributed by atoms with Crippen molar-refractivity contribution in [3.63, 3.8) is 0 Å². The van der Waals surface area contributed by atoms with Crippen LogP contribution in [0.2, 0.25) is 10.0 Å². The Morgan fingerprint density at radius 2 is 1.92 bits per heavy atom. The normalized spacial score (nSPS) is 15.0. The third-order valence-corrected chi connectivity index (χ3v) is 4.52. The van der Waals surface area contributed by atoms with Gasteiger partial charge in [0.05, 0.1) is 7.11 Å². The lowest BCUT2D eigenvalue weighted by atomic mass is 10.1. The van der Waals surface area contributed by atoms with E-state index in [1.165, 1.54) is 7.11 Å². The average molecular weight is 366 g/mol. The molecule has 1 atom stereocenters. The number of anilines is 1. The van der Waals surface area contributed by atoms with Gasteiger partial charge in [0.2, 0.25) is 0 Å². The van der Waals surface area contributed by atoms with E-state index in [0.717, 1.165) is 18.4 Å². The SMILES string of the molecule is COC(=O)c1nc(C2CC2)nc(NC(C)c2ccc(Cl)cc2)c1Cl. The Morgan fingerprint density at radius 3 is 2.50 bits per heavy atom. The Kier molecular flexibility index (Phi) is 4.92. The van der Waals surface area contributed by atoms with Crippen LogP contribution in [-0.2, 0) is 4.74 Å². The third kappa shape index (κ3) is 3.62. The summed E-state index contributed by atoms with van der Waals surface area (Å²) in [5, 5.41) is 4.10. The zero-order valence-corrected chi connectivity index (χ0v) is 14.9. The maximum Gasteiger partial charge on any atom is 0.358 e. The number of ether oxygens (including phenoxy) is 1. The highest BCUT2D eigenvalue weighted by Crippen LogP contribution is 2.40. The van der Waals surface area contributed by atoms with E-state index in [1.807, 2.05) is 31.2 Å². The lowest BCUT2D eigenvalue weighted by molar-refractivity contribution is 0.0593. The number of methoxy groups -OCH3 is 1. The molecule has 1 aliphatic rings. The molecule has 3 rings (SSSR count). The van der Waals surface area contributed by atoms with Crippen molar-refractivity contribution in [3.05, 3.63) is 51.4 Å². The summed E-state index contributed by atoms with van der Waals surface area (Å²) in [4.78, 5) is 20.7. The molecule has 1 N–H and O–H groups in total. The summed E-state index contributed by atoms with van der Waals surface area (Å²) in [7, 11) is 1.31. The van der Waals surface area contributed by atoms with Gasteiger partial charge in [-0.15, -0.1) is 0 Å². The highest BCUT2D eigenvalue weighted by molar-refractivity contribution is 6.35. The summed E-state index contributed by atoms with van der Waals surface area (Å²) in [6, 6.07) is 7.45. The van der Waals surface area contributed by atoms with Gasteiger partial charge in [0.15, 0.2) is 5.69 Å². The van der Waals surface area contributed by atoms with Gasteiger partial charge in [0, 0.05) is 17.0 Å². The number of hydrogen-bond donors (Lipinski definition) is 1. The average Bonchev–Trinajstić information content (AvgIpc) is 3.41. The molecule has 7 heteroatoms. The number of aromatic nitrogens is 2. The van der Waals surface area contributed by atoms with Crippen LogP contribution < -0.4 is 5.32 Å². The fraction of sp³-hybridized carbons (Fsp3) is 0.353. The molecule has 1 aromatic heterocycles. The standard InChI is InChI=1S/C17H17Cl2N3O2/c1-9(10-5-7-12(18)8-6-10)20-16-13(19)14(17(23)24-2)21-15(22-16)11-3-4-11/h5-9,11H,3-4H2,1-2H3,(H,20,21,22). The molecular weight excluding hydrogens is 349 g/mol. The van der Waals surface area contributed by atoms with Crippen molar-refractivity contribution in [2.24, 2.45) is 0 Å². The molecule has 0 amide bonds. The molecule has 1 heterocycles. The van der Waals surface area contributed by atoms with Gasteiger partial charge in [0.1, 0.15) is 16.7 Å². The number of hydrogen-bond acceptors (Lipinski definition) is 5.